The molecule has 3 nitrogen and oxygen atoms in total. The summed E-state index contributed by atoms with van der Waals surface area (Å²) in [7, 11) is 0. The standard InChI is InChI=1S/C54H36F3N3/c1-35-15-11-13-23-47(35)59(41-20-9-4-10-21-41)50-30-28-43-44-32-38-25-27-42(58(40-18-7-3-8-19-40)49-24-14-12-22-46(49)54(55,56)57)31-39(38)34-51(44)60-48-29-26-37(36-16-5-2-6-17-36)33-45(48)52(50)53(43)60/h2-34H,1H3. The second-order valence-corrected chi connectivity index (χ2v) is 15.3. The Morgan fingerprint density at radius 3 is 1.78 bits per heavy atom. The van der Waals surface area contributed by atoms with Crippen molar-refractivity contribution in [3.8, 4) is 11.1 Å². The van der Waals surface area contributed by atoms with Crippen LogP contribution in [-0.4, -0.2) is 4.40 Å². The van der Waals surface area contributed by atoms with E-state index in [4.69, 9.17) is 0 Å². The van der Waals surface area contributed by atoms with Gasteiger partial charge in [0, 0.05) is 44.3 Å². The summed E-state index contributed by atoms with van der Waals surface area (Å²) >= 11 is 0. The molecule has 9 aromatic carbocycles. The molecule has 0 aliphatic carbocycles. The van der Waals surface area contributed by atoms with Crippen LogP contribution in [0.15, 0.2) is 200 Å². The van der Waals surface area contributed by atoms with E-state index in [1.54, 1.807) is 17.0 Å². The maximum atomic E-state index is 14.6. The first kappa shape index (κ1) is 35.6. The van der Waals surface area contributed by atoms with Crippen LogP contribution in [0, 0.1) is 6.92 Å². The van der Waals surface area contributed by atoms with Crippen LogP contribution in [-0.2, 0) is 6.18 Å². The fraction of sp³-hybridized carbons (Fsp3) is 0.0370. The highest BCUT2D eigenvalue weighted by Crippen LogP contribution is 2.49. The molecule has 0 spiro atoms. The third kappa shape index (κ3) is 5.67. The number of aryl methyl sites for hydroxylation is 1. The van der Waals surface area contributed by atoms with Gasteiger partial charge < -0.3 is 14.2 Å². The van der Waals surface area contributed by atoms with E-state index in [1.165, 1.54) is 6.07 Å². The van der Waals surface area contributed by atoms with Crippen molar-refractivity contribution in [3.63, 3.8) is 0 Å². The van der Waals surface area contributed by atoms with Gasteiger partial charge in [-0.25, -0.2) is 0 Å². The van der Waals surface area contributed by atoms with Gasteiger partial charge in [0.15, 0.2) is 0 Å². The number of hydrogen-bond acceptors (Lipinski definition) is 2. The average molecular weight is 784 g/mol. The van der Waals surface area contributed by atoms with E-state index in [1.807, 2.05) is 60.7 Å². The fourth-order valence-corrected chi connectivity index (χ4v) is 9.12. The summed E-state index contributed by atoms with van der Waals surface area (Å²) in [6, 6.07) is 66.2. The maximum Gasteiger partial charge on any atom is 0.418 e. The van der Waals surface area contributed by atoms with E-state index < -0.39 is 11.7 Å². The number of hydrogen-bond donors (Lipinski definition) is 0. The Morgan fingerprint density at radius 2 is 1.07 bits per heavy atom. The largest absolute Gasteiger partial charge is 0.418 e. The molecular weight excluding hydrogens is 748 g/mol. The van der Waals surface area contributed by atoms with Crippen LogP contribution in [0.3, 0.4) is 0 Å². The summed E-state index contributed by atoms with van der Waals surface area (Å²) in [6.45, 7) is 2.15. The van der Waals surface area contributed by atoms with Crippen LogP contribution < -0.4 is 9.80 Å². The molecule has 2 heterocycles. The lowest BCUT2D eigenvalue weighted by atomic mass is 9.99. The highest BCUT2D eigenvalue weighted by molar-refractivity contribution is 6.28. The highest BCUT2D eigenvalue weighted by atomic mass is 19.4. The molecule has 0 N–H and O–H groups in total. The molecule has 2 aromatic heterocycles. The molecule has 0 aliphatic rings. The number of halogens is 3. The van der Waals surface area contributed by atoms with Crippen molar-refractivity contribution < 1.29 is 13.2 Å². The zero-order valence-electron chi connectivity index (χ0n) is 32.5. The lowest BCUT2D eigenvalue weighted by molar-refractivity contribution is -0.137. The summed E-state index contributed by atoms with van der Waals surface area (Å²) in [5, 5.41) is 6.45. The van der Waals surface area contributed by atoms with E-state index in [9.17, 15) is 13.2 Å². The molecule has 60 heavy (non-hydrogen) atoms. The molecule has 6 heteroatoms. The monoisotopic (exact) mass is 783 g/mol. The van der Waals surface area contributed by atoms with Gasteiger partial charge in [-0.3, -0.25) is 0 Å². The number of alkyl halides is 3. The molecule has 0 unspecified atom stereocenters. The lowest BCUT2D eigenvalue weighted by Gasteiger charge is -2.28. The SMILES string of the molecule is Cc1ccccc1N(c1ccccc1)c1ccc2c3cc4ccc(N(c5ccccc5)c5ccccc5C(F)(F)F)cc4cc3n3c4ccc(-c5ccccc5)cc4c1c23. The van der Waals surface area contributed by atoms with Gasteiger partial charge in [0.1, 0.15) is 0 Å². The third-order valence-electron chi connectivity index (χ3n) is 11.8. The number of benzene rings is 9. The minimum absolute atomic E-state index is 0.0700. The molecule has 0 atom stereocenters. The molecule has 0 radical (unpaired) electrons. The van der Waals surface area contributed by atoms with Crippen LogP contribution in [0.25, 0.3) is 60.0 Å². The Labute approximate surface area is 344 Å². The number of aromatic nitrogens is 1. The highest BCUT2D eigenvalue weighted by Gasteiger charge is 2.35. The molecule has 0 saturated carbocycles. The maximum absolute atomic E-state index is 14.6. The summed E-state index contributed by atoms with van der Waals surface area (Å²) < 4.78 is 46.1. The third-order valence-corrected chi connectivity index (χ3v) is 11.8. The van der Waals surface area contributed by atoms with Crippen molar-refractivity contribution in [1.82, 2.24) is 4.40 Å². The van der Waals surface area contributed by atoms with Gasteiger partial charge in [-0.2, -0.15) is 13.2 Å². The fourth-order valence-electron chi connectivity index (χ4n) is 9.12. The van der Waals surface area contributed by atoms with E-state index in [-0.39, 0.29) is 5.69 Å². The Kier molecular flexibility index (Phi) is 8.17. The van der Waals surface area contributed by atoms with Crippen molar-refractivity contribution in [2.75, 3.05) is 9.80 Å². The Balaban J connectivity index is 1.20. The van der Waals surface area contributed by atoms with Gasteiger partial charge in [0.2, 0.25) is 0 Å². The number of para-hydroxylation sites is 4. The molecule has 0 saturated heterocycles. The van der Waals surface area contributed by atoms with E-state index in [2.05, 4.69) is 131 Å². The van der Waals surface area contributed by atoms with Crippen molar-refractivity contribution in [2.45, 2.75) is 13.1 Å². The predicted octanol–water partition coefficient (Wildman–Crippen LogP) is 15.9. The Hall–Kier alpha value is -7.57. The number of anilines is 6. The number of fused-ring (bicyclic) bond motifs is 7. The smallest absolute Gasteiger partial charge is 0.310 e. The zero-order chi connectivity index (χ0) is 40.5. The van der Waals surface area contributed by atoms with Gasteiger partial charge in [-0.15, -0.1) is 0 Å². The van der Waals surface area contributed by atoms with Gasteiger partial charge >= 0.3 is 6.18 Å². The predicted molar refractivity (Wildman–Crippen MR) is 243 cm³/mol. The molecule has 0 fully saturated rings. The second kappa shape index (κ2) is 13.8. The van der Waals surface area contributed by atoms with Gasteiger partial charge in [-0.05, 0) is 119 Å². The van der Waals surface area contributed by atoms with E-state index in [0.717, 1.165) is 88.7 Å². The van der Waals surface area contributed by atoms with Gasteiger partial charge in [0.25, 0.3) is 0 Å². The summed E-state index contributed by atoms with van der Waals surface area (Å²) in [5.74, 6) is 0. The normalized spacial score (nSPS) is 12.0. The zero-order valence-corrected chi connectivity index (χ0v) is 32.5. The number of rotatable bonds is 7. The van der Waals surface area contributed by atoms with Crippen LogP contribution in [0.4, 0.5) is 47.3 Å². The van der Waals surface area contributed by atoms with E-state index >= 15 is 0 Å². The first-order valence-corrected chi connectivity index (χ1v) is 20.0. The molecule has 11 aromatic rings. The van der Waals surface area contributed by atoms with Crippen LogP contribution in [0.1, 0.15) is 11.1 Å². The van der Waals surface area contributed by atoms with Crippen LogP contribution in [0.2, 0.25) is 0 Å². The van der Waals surface area contributed by atoms with Gasteiger partial charge in [0.05, 0.1) is 33.5 Å². The number of nitrogens with zero attached hydrogens (tertiary/aromatic N) is 3. The van der Waals surface area contributed by atoms with Crippen molar-refractivity contribution in [2.24, 2.45) is 0 Å². The summed E-state index contributed by atoms with van der Waals surface area (Å²) in [5.41, 5.74) is 10.5. The molecular formula is C54H36F3N3. The minimum Gasteiger partial charge on any atom is -0.310 e. The van der Waals surface area contributed by atoms with Crippen molar-refractivity contribution >= 4 is 83.0 Å². The Morgan fingerprint density at radius 1 is 0.417 bits per heavy atom. The van der Waals surface area contributed by atoms with Crippen molar-refractivity contribution in [1.29, 1.82) is 0 Å². The Bertz CT molecular complexity index is 3370. The topological polar surface area (TPSA) is 10.9 Å². The molecule has 288 valence electrons. The van der Waals surface area contributed by atoms with Crippen LogP contribution >= 0.6 is 0 Å². The van der Waals surface area contributed by atoms with Crippen molar-refractivity contribution in [3.05, 3.63) is 211 Å². The average Bonchev–Trinajstić information content (AvgIpc) is 3.79. The van der Waals surface area contributed by atoms with Crippen LogP contribution in [0.5, 0.6) is 0 Å². The van der Waals surface area contributed by atoms with Gasteiger partial charge in [-0.1, -0.05) is 115 Å². The first-order chi connectivity index (χ1) is 29.3. The summed E-state index contributed by atoms with van der Waals surface area (Å²) in [6.07, 6.45) is -4.54. The molecule has 11 rings (SSSR count). The quantitative estimate of drug-likeness (QED) is 0.159. The second-order valence-electron chi connectivity index (χ2n) is 15.3. The summed E-state index contributed by atoms with van der Waals surface area (Å²) in [4.78, 5) is 4.07. The molecule has 0 amide bonds. The molecule has 0 aliphatic heterocycles. The lowest BCUT2D eigenvalue weighted by Crippen LogP contribution is -2.16. The minimum atomic E-state index is -4.54. The molecule has 0 bridgehead atoms. The van der Waals surface area contributed by atoms with E-state index in [0.29, 0.717) is 11.4 Å². The first-order valence-electron chi connectivity index (χ1n) is 20.0.